The van der Waals surface area contributed by atoms with E-state index in [1.54, 1.807) is 0 Å². The second-order valence-corrected chi connectivity index (χ2v) is 4.00. The average molecular weight is 276 g/mol. The highest BCUT2D eigenvalue weighted by atomic mass is 32.1. The first kappa shape index (κ1) is 14.0. The maximum absolute atomic E-state index is 13.1. The molecule has 0 saturated carbocycles. The molecule has 2 N–H and O–H groups in total. The van der Waals surface area contributed by atoms with Crippen LogP contribution in [0.4, 0.5) is 22.0 Å². The summed E-state index contributed by atoms with van der Waals surface area (Å²) in [5, 5.41) is 18.0. The molecular weight excluding hydrogens is 271 g/mol. The largest absolute Gasteiger partial charge is 0.450 e. The van der Waals surface area contributed by atoms with Gasteiger partial charge in [0.05, 0.1) is 4.88 Å². The molecule has 0 spiro atoms. The van der Waals surface area contributed by atoms with Gasteiger partial charge in [0, 0.05) is 0 Å². The Bertz CT molecular complexity index is 409. The Kier molecular flexibility index (Phi) is 3.29. The molecule has 0 radical (unpaired) electrons. The molecule has 0 fully saturated rings. The number of carbonyl (C=O) groups is 1. The van der Waals surface area contributed by atoms with Gasteiger partial charge in [-0.15, -0.1) is 11.3 Å². The summed E-state index contributed by atoms with van der Waals surface area (Å²) < 4.78 is 62.2. The van der Waals surface area contributed by atoms with Crippen LogP contribution in [0.5, 0.6) is 0 Å². The normalized spacial score (nSPS) is 13.8. The average Bonchev–Trinajstić information content (AvgIpc) is 2.66. The quantitative estimate of drug-likeness (QED) is 0.503. The maximum Gasteiger partial charge on any atom is 0.450 e. The van der Waals surface area contributed by atoms with Gasteiger partial charge >= 0.3 is 17.9 Å². The number of ketones is 1. The molecule has 0 unspecified atom stereocenters. The number of hydrogen-bond donors (Lipinski definition) is 2. The van der Waals surface area contributed by atoms with Crippen LogP contribution in [0.15, 0.2) is 17.5 Å². The molecule has 0 aromatic carbocycles. The van der Waals surface area contributed by atoms with Gasteiger partial charge in [0.2, 0.25) is 5.78 Å². The molecule has 1 aromatic heterocycles. The van der Waals surface area contributed by atoms with Crippen molar-refractivity contribution in [3.8, 4) is 0 Å². The second kappa shape index (κ2) is 4.00. The van der Waals surface area contributed by atoms with Gasteiger partial charge in [-0.05, 0) is 11.4 Å². The number of rotatable bonds is 3. The minimum absolute atomic E-state index is 0.466. The van der Waals surface area contributed by atoms with Crippen molar-refractivity contribution in [3.63, 3.8) is 0 Å². The molecule has 9 heteroatoms. The van der Waals surface area contributed by atoms with Crippen LogP contribution >= 0.6 is 11.3 Å². The van der Waals surface area contributed by atoms with Crippen molar-refractivity contribution in [2.45, 2.75) is 17.9 Å². The SMILES string of the molecule is O=C(c1cccs1)C(F)(F)C(O)(O)C(F)(F)F. The summed E-state index contributed by atoms with van der Waals surface area (Å²) in [6.45, 7) is 0. The number of hydrogen-bond acceptors (Lipinski definition) is 4. The molecule has 1 rings (SSSR count). The molecule has 0 amide bonds. The van der Waals surface area contributed by atoms with Crippen LogP contribution in [0.1, 0.15) is 9.67 Å². The van der Waals surface area contributed by atoms with Gasteiger partial charge in [-0.2, -0.15) is 22.0 Å². The Labute approximate surface area is 95.1 Å². The molecule has 17 heavy (non-hydrogen) atoms. The molecule has 1 aromatic rings. The predicted octanol–water partition coefficient (Wildman–Crippen LogP) is 1.81. The Hall–Kier alpha value is -1.06. The van der Waals surface area contributed by atoms with E-state index in [4.69, 9.17) is 10.2 Å². The lowest BCUT2D eigenvalue weighted by atomic mass is 10.0. The number of carbonyl (C=O) groups excluding carboxylic acids is 1. The van der Waals surface area contributed by atoms with Crippen molar-refractivity contribution < 1.29 is 37.0 Å². The zero-order valence-electron chi connectivity index (χ0n) is 7.83. The first-order valence-electron chi connectivity index (χ1n) is 3.99. The molecule has 96 valence electrons. The molecular formula is C8H5F5O3S. The van der Waals surface area contributed by atoms with Crippen LogP contribution in [0.2, 0.25) is 0 Å². The van der Waals surface area contributed by atoms with Gasteiger partial charge < -0.3 is 10.2 Å². The summed E-state index contributed by atoms with van der Waals surface area (Å²) in [7, 11) is 0. The van der Waals surface area contributed by atoms with Crippen molar-refractivity contribution in [2.24, 2.45) is 0 Å². The summed E-state index contributed by atoms with van der Waals surface area (Å²) in [4.78, 5) is 10.4. The zero-order valence-corrected chi connectivity index (χ0v) is 8.65. The predicted molar refractivity (Wildman–Crippen MR) is 46.8 cm³/mol. The number of thiophene rings is 1. The lowest BCUT2D eigenvalue weighted by Crippen LogP contribution is -2.62. The van der Waals surface area contributed by atoms with Gasteiger partial charge in [0.15, 0.2) is 0 Å². The summed E-state index contributed by atoms with van der Waals surface area (Å²) >= 11 is 0.466. The Balaban J connectivity index is 3.16. The fourth-order valence-corrected chi connectivity index (χ4v) is 1.59. The highest BCUT2D eigenvalue weighted by Crippen LogP contribution is 2.42. The number of alkyl halides is 5. The van der Waals surface area contributed by atoms with Crippen LogP contribution < -0.4 is 0 Å². The van der Waals surface area contributed by atoms with Gasteiger partial charge in [-0.3, -0.25) is 4.79 Å². The summed E-state index contributed by atoms with van der Waals surface area (Å²) in [6, 6.07) is 2.02. The van der Waals surface area contributed by atoms with Crippen molar-refractivity contribution in [1.29, 1.82) is 0 Å². The summed E-state index contributed by atoms with van der Waals surface area (Å²) in [6.07, 6.45) is -6.05. The van der Waals surface area contributed by atoms with Crippen LogP contribution in [0, 0.1) is 0 Å². The molecule has 0 aliphatic carbocycles. The molecule has 0 aliphatic heterocycles. The number of halogens is 5. The molecule has 0 saturated heterocycles. The minimum atomic E-state index is -6.05. The van der Waals surface area contributed by atoms with E-state index in [1.807, 2.05) is 0 Å². The van der Waals surface area contributed by atoms with E-state index in [9.17, 15) is 26.7 Å². The monoisotopic (exact) mass is 276 g/mol. The standard InChI is InChI=1S/C8H5F5O3S/c9-6(10,7(15,16)8(11,12)13)5(14)4-2-1-3-17-4/h1-3,15-16H. The molecule has 0 aliphatic rings. The van der Waals surface area contributed by atoms with E-state index in [1.165, 1.54) is 5.38 Å². The van der Waals surface area contributed by atoms with E-state index in [2.05, 4.69) is 0 Å². The van der Waals surface area contributed by atoms with Crippen molar-refractivity contribution in [1.82, 2.24) is 0 Å². The summed E-state index contributed by atoms with van der Waals surface area (Å²) in [5.74, 6) is -13.1. The van der Waals surface area contributed by atoms with E-state index in [-0.39, 0.29) is 0 Å². The highest BCUT2D eigenvalue weighted by molar-refractivity contribution is 7.12. The van der Waals surface area contributed by atoms with E-state index in [0.717, 1.165) is 12.1 Å². The van der Waals surface area contributed by atoms with Crippen LogP contribution in [-0.4, -0.2) is 33.9 Å². The van der Waals surface area contributed by atoms with E-state index >= 15 is 0 Å². The third-order valence-electron chi connectivity index (χ3n) is 1.86. The van der Waals surface area contributed by atoms with Crippen LogP contribution in [0.25, 0.3) is 0 Å². The van der Waals surface area contributed by atoms with Gasteiger partial charge in [0.25, 0.3) is 0 Å². The van der Waals surface area contributed by atoms with Crippen LogP contribution in [0.3, 0.4) is 0 Å². The van der Waals surface area contributed by atoms with Crippen molar-refractivity contribution >= 4 is 17.1 Å². The van der Waals surface area contributed by atoms with E-state index < -0.39 is 28.5 Å². The lowest BCUT2D eigenvalue weighted by molar-refractivity contribution is -0.402. The van der Waals surface area contributed by atoms with Crippen LogP contribution in [-0.2, 0) is 0 Å². The third kappa shape index (κ3) is 2.17. The Morgan fingerprint density at radius 2 is 1.71 bits per heavy atom. The maximum atomic E-state index is 13.1. The fraction of sp³-hybridized carbons (Fsp3) is 0.375. The first-order chi connectivity index (χ1) is 7.52. The second-order valence-electron chi connectivity index (χ2n) is 3.05. The third-order valence-corrected chi connectivity index (χ3v) is 2.73. The zero-order chi connectivity index (χ0) is 13.5. The molecule has 0 bridgehead atoms. The molecule has 0 atom stereocenters. The summed E-state index contributed by atoms with van der Waals surface area (Å²) in [5.41, 5.74) is 0. The van der Waals surface area contributed by atoms with Crippen molar-refractivity contribution in [2.75, 3.05) is 0 Å². The molecule has 1 heterocycles. The Morgan fingerprint density at radius 1 is 1.18 bits per heavy atom. The molecule has 3 nitrogen and oxygen atoms in total. The number of aliphatic hydroxyl groups is 2. The van der Waals surface area contributed by atoms with Gasteiger partial charge in [0.1, 0.15) is 0 Å². The van der Waals surface area contributed by atoms with Crippen molar-refractivity contribution in [3.05, 3.63) is 22.4 Å². The topological polar surface area (TPSA) is 57.5 Å². The van der Waals surface area contributed by atoms with E-state index in [0.29, 0.717) is 11.3 Å². The van der Waals surface area contributed by atoms with Gasteiger partial charge in [-0.1, -0.05) is 6.07 Å². The highest BCUT2D eigenvalue weighted by Gasteiger charge is 2.72. The van der Waals surface area contributed by atoms with Gasteiger partial charge in [-0.25, -0.2) is 0 Å². The minimum Gasteiger partial charge on any atom is -0.354 e. The number of Topliss-reactive ketones (excluding diaryl/α,β-unsaturated/α-hetero) is 1. The Morgan fingerprint density at radius 3 is 2.06 bits per heavy atom. The fourth-order valence-electron chi connectivity index (χ4n) is 0.899. The first-order valence-corrected chi connectivity index (χ1v) is 4.87. The smallest absolute Gasteiger partial charge is 0.354 e. The lowest BCUT2D eigenvalue weighted by Gasteiger charge is -2.30.